The number of nitrogens with zero attached hydrogens (tertiary/aromatic N) is 1. The summed E-state index contributed by atoms with van der Waals surface area (Å²) in [5.41, 5.74) is 2.59. The van der Waals surface area contributed by atoms with Gasteiger partial charge >= 0.3 is 5.97 Å². The number of hydrogen-bond donors (Lipinski definition) is 1. The summed E-state index contributed by atoms with van der Waals surface area (Å²) in [4.78, 5) is 17.8. The quantitative estimate of drug-likeness (QED) is 0.200. The molecule has 5 rings (SSSR count). The summed E-state index contributed by atoms with van der Waals surface area (Å²) >= 11 is 8.47. The molecule has 0 bridgehead atoms. The second-order valence-electron chi connectivity index (χ2n) is 8.59. The summed E-state index contributed by atoms with van der Waals surface area (Å²) in [5, 5.41) is 13.7. The van der Waals surface area contributed by atoms with E-state index in [0.29, 0.717) is 28.0 Å². The van der Waals surface area contributed by atoms with Gasteiger partial charge < -0.3 is 14.6 Å². The van der Waals surface area contributed by atoms with Gasteiger partial charge in [-0.25, -0.2) is 9.79 Å². The highest BCUT2D eigenvalue weighted by molar-refractivity contribution is 9.11. The molecule has 0 atom stereocenters. The second kappa shape index (κ2) is 12.2. The number of hydrogen-bond acceptors (Lipinski definition) is 6. The normalized spacial score (nSPS) is 15.4. The minimum Gasteiger partial charge on any atom is -0.506 e. The fourth-order valence-electron chi connectivity index (χ4n) is 4.05. The Bertz CT molecular complexity index is 1620. The van der Waals surface area contributed by atoms with Gasteiger partial charge in [-0.3, -0.25) is 0 Å². The fourth-order valence-corrected chi connectivity index (χ4v) is 6.53. The molecule has 0 aliphatic carbocycles. The number of ether oxygens (including phenoxy) is 2. The van der Waals surface area contributed by atoms with Crippen molar-refractivity contribution in [3.8, 4) is 5.75 Å². The standard InChI is InChI=1S/C31H23Br2NO4S/c1-2-37-31(36)27-28(35)26(39-30(27)34-23-10-4-3-5-11-23)17-20-15-24(32)29(25(33)16-20)38-18-19-12-13-21-8-6-7-9-22(21)14-19/h3-17,35H,2,18H2,1H3/b26-17-,34-30?. The van der Waals surface area contributed by atoms with Gasteiger partial charge in [0.1, 0.15) is 28.7 Å². The van der Waals surface area contributed by atoms with Gasteiger partial charge in [0.25, 0.3) is 0 Å². The minimum absolute atomic E-state index is 0.0606. The largest absolute Gasteiger partial charge is 0.506 e. The Morgan fingerprint density at radius 3 is 2.36 bits per heavy atom. The van der Waals surface area contributed by atoms with Crippen molar-refractivity contribution in [1.29, 1.82) is 0 Å². The number of aliphatic imine (C=N–C) groups is 1. The first-order chi connectivity index (χ1) is 18.9. The van der Waals surface area contributed by atoms with Gasteiger partial charge in [0, 0.05) is 0 Å². The third-order valence-corrected chi connectivity index (χ3v) is 8.07. The summed E-state index contributed by atoms with van der Waals surface area (Å²) in [5.74, 6) is -0.0972. The number of benzene rings is 4. The van der Waals surface area contributed by atoms with Gasteiger partial charge in [0.05, 0.1) is 26.1 Å². The Kier molecular flexibility index (Phi) is 8.55. The minimum atomic E-state index is -0.611. The average molecular weight is 665 g/mol. The molecular weight excluding hydrogens is 642 g/mol. The number of carbonyl (C=O) groups is 1. The molecule has 0 fully saturated rings. The van der Waals surface area contributed by atoms with Crippen LogP contribution in [-0.2, 0) is 16.1 Å². The number of thioether (sulfide) groups is 1. The van der Waals surface area contributed by atoms with Crippen molar-refractivity contribution < 1.29 is 19.4 Å². The maximum absolute atomic E-state index is 12.7. The highest BCUT2D eigenvalue weighted by atomic mass is 79.9. The van der Waals surface area contributed by atoms with Crippen LogP contribution in [0.15, 0.2) is 115 Å². The second-order valence-corrected chi connectivity index (χ2v) is 11.3. The maximum Gasteiger partial charge on any atom is 0.344 e. The van der Waals surface area contributed by atoms with E-state index in [2.05, 4.69) is 67.2 Å². The molecule has 0 amide bonds. The van der Waals surface area contributed by atoms with Gasteiger partial charge in [0.2, 0.25) is 0 Å². The zero-order valence-electron chi connectivity index (χ0n) is 20.9. The molecule has 0 spiro atoms. The molecule has 4 aromatic carbocycles. The van der Waals surface area contributed by atoms with Crippen molar-refractivity contribution >= 4 is 77.2 Å². The van der Waals surface area contributed by atoms with Crippen molar-refractivity contribution in [1.82, 2.24) is 0 Å². The Labute approximate surface area is 247 Å². The van der Waals surface area contributed by atoms with E-state index in [4.69, 9.17) is 9.47 Å². The predicted octanol–water partition coefficient (Wildman–Crippen LogP) is 9.14. The molecule has 0 aromatic heterocycles. The van der Waals surface area contributed by atoms with Gasteiger partial charge in [0.15, 0.2) is 0 Å². The van der Waals surface area contributed by atoms with Crippen molar-refractivity contribution in [2.24, 2.45) is 4.99 Å². The third kappa shape index (κ3) is 6.30. The summed E-state index contributed by atoms with van der Waals surface area (Å²) < 4.78 is 12.8. The van der Waals surface area contributed by atoms with Gasteiger partial charge in [-0.2, -0.15) is 0 Å². The number of para-hydroxylation sites is 1. The van der Waals surface area contributed by atoms with Crippen molar-refractivity contribution in [2.45, 2.75) is 13.5 Å². The molecule has 1 aliphatic rings. The highest BCUT2D eigenvalue weighted by Gasteiger charge is 2.33. The van der Waals surface area contributed by atoms with Crippen LogP contribution in [0.25, 0.3) is 16.8 Å². The topological polar surface area (TPSA) is 68.1 Å². The number of aliphatic hydroxyl groups excluding tert-OH is 1. The highest BCUT2D eigenvalue weighted by Crippen LogP contribution is 2.42. The number of esters is 1. The molecule has 0 saturated carbocycles. The van der Waals surface area contributed by atoms with E-state index in [1.54, 1.807) is 13.0 Å². The monoisotopic (exact) mass is 663 g/mol. The fraction of sp³-hybridized carbons (Fsp3) is 0.0968. The van der Waals surface area contributed by atoms with Gasteiger partial charge in [-0.1, -0.05) is 66.4 Å². The molecule has 5 nitrogen and oxygen atoms in total. The van der Waals surface area contributed by atoms with E-state index in [1.165, 1.54) is 17.1 Å². The van der Waals surface area contributed by atoms with Crippen LogP contribution < -0.4 is 4.74 Å². The summed E-state index contributed by atoms with van der Waals surface area (Å²) in [6, 6.07) is 27.6. The number of rotatable bonds is 7. The Hall–Kier alpha value is -3.33. The lowest BCUT2D eigenvalue weighted by Gasteiger charge is -2.12. The molecule has 0 radical (unpaired) electrons. The first-order valence-corrected chi connectivity index (χ1v) is 14.6. The van der Waals surface area contributed by atoms with Crippen LogP contribution in [0.5, 0.6) is 5.75 Å². The molecule has 1 N–H and O–H groups in total. The Morgan fingerprint density at radius 1 is 0.949 bits per heavy atom. The van der Waals surface area contributed by atoms with E-state index < -0.39 is 5.97 Å². The molecule has 1 aliphatic heterocycles. The van der Waals surface area contributed by atoms with Crippen LogP contribution in [0.3, 0.4) is 0 Å². The molecule has 1 heterocycles. The van der Waals surface area contributed by atoms with Crippen LogP contribution in [0.4, 0.5) is 5.69 Å². The Morgan fingerprint density at radius 2 is 1.64 bits per heavy atom. The van der Waals surface area contributed by atoms with Crippen molar-refractivity contribution in [3.63, 3.8) is 0 Å². The summed E-state index contributed by atoms with van der Waals surface area (Å²) in [6.45, 7) is 2.32. The number of halogens is 2. The summed E-state index contributed by atoms with van der Waals surface area (Å²) in [6.07, 6.45) is 1.80. The first-order valence-electron chi connectivity index (χ1n) is 12.2. The number of aliphatic hydroxyl groups is 1. The van der Waals surface area contributed by atoms with Crippen molar-refractivity contribution in [3.05, 3.63) is 121 Å². The van der Waals surface area contributed by atoms with E-state index in [1.807, 2.05) is 54.6 Å². The van der Waals surface area contributed by atoms with Crippen LogP contribution in [-0.4, -0.2) is 22.7 Å². The van der Waals surface area contributed by atoms with E-state index in [0.717, 1.165) is 25.5 Å². The van der Waals surface area contributed by atoms with Gasteiger partial charge in [-0.05, 0) is 97.1 Å². The first kappa shape index (κ1) is 27.2. The molecule has 4 aromatic rings. The van der Waals surface area contributed by atoms with Crippen LogP contribution >= 0.6 is 43.6 Å². The van der Waals surface area contributed by atoms with E-state index >= 15 is 0 Å². The molecule has 39 heavy (non-hydrogen) atoms. The lowest BCUT2D eigenvalue weighted by Crippen LogP contribution is -2.12. The third-order valence-electron chi connectivity index (χ3n) is 5.87. The summed E-state index contributed by atoms with van der Waals surface area (Å²) in [7, 11) is 0. The molecule has 8 heteroatoms. The van der Waals surface area contributed by atoms with E-state index in [9.17, 15) is 9.90 Å². The smallest absolute Gasteiger partial charge is 0.344 e. The van der Waals surface area contributed by atoms with Crippen LogP contribution in [0.2, 0.25) is 0 Å². The van der Waals surface area contributed by atoms with Crippen LogP contribution in [0.1, 0.15) is 18.1 Å². The molecule has 0 unspecified atom stereocenters. The zero-order chi connectivity index (χ0) is 27.4. The van der Waals surface area contributed by atoms with E-state index in [-0.39, 0.29) is 17.9 Å². The van der Waals surface area contributed by atoms with Crippen molar-refractivity contribution in [2.75, 3.05) is 6.61 Å². The lowest BCUT2D eigenvalue weighted by atomic mass is 10.1. The molecular formula is C31H23Br2NO4S. The Balaban J connectivity index is 1.40. The van der Waals surface area contributed by atoms with Gasteiger partial charge in [-0.15, -0.1) is 0 Å². The average Bonchev–Trinajstić information content (AvgIpc) is 3.22. The van der Waals surface area contributed by atoms with Crippen LogP contribution in [0, 0.1) is 0 Å². The molecule has 0 saturated heterocycles. The molecule has 196 valence electrons. The predicted molar refractivity (Wildman–Crippen MR) is 166 cm³/mol. The number of fused-ring (bicyclic) bond motifs is 1. The number of carbonyl (C=O) groups excluding carboxylic acids is 1. The SMILES string of the molecule is CCOC(=O)C1=C(O)/C(=C/c2cc(Br)c(OCc3ccc4ccccc4c3)c(Br)c2)SC1=Nc1ccccc1. The maximum atomic E-state index is 12.7. The zero-order valence-corrected chi connectivity index (χ0v) is 24.8. The lowest BCUT2D eigenvalue weighted by molar-refractivity contribution is -0.138.